The van der Waals surface area contributed by atoms with Crippen LogP contribution < -0.4 is 12.4 Å². The Kier molecular flexibility index (Phi) is 32.7. The van der Waals surface area contributed by atoms with Crippen molar-refractivity contribution < 1.29 is 69.0 Å². The zero-order valence-electron chi connectivity index (χ0n) is 30.9. The summed E-state index contributed by atoms with van der Waals surface area (Å²) in [5.41, 5.74) is 0.263. The number of carbonyl (C=O) groups excluding carboxylic acids is 4. The summed E-state index contributed by atoms with van der Waals surface area (Å²) >= 11 is 0. The monoisotopic (exact) mass is 699 g/mol. The smallest absolute Gasteiger partial charge is 0.333 e. The van der Waals surface area contributed by atoms with Crippen LogP contribution in [0.3, 0.4) is 0 Å². The summed E-state index contributed by atoms with van der Waals surface area (Å²) in [7, 11) is 15.4. The van der Waals surface area contributed by atoms with Gasteiger partial charge in [0.05, 0.1) is 66.8 Å². The summed E-state index contributed by atoms with van der Waals surface area (Å²) in [6.07, 6.45) is 1.17. The Labute approximate surface area is 292 Å². The van der Waals surface area contributed by atoms with Crippen molar-refractivity contribution in [2.24, 2.45) is 11.3 Å². The van der Waals surface area contributed by atoms with Crippen molar-refractivity contribution in [2.75, 3.05) is 109 Å². The number of halogens is 1. The Bertz CT molecular complexity index is 910. The SMILES string of the molecule is C.C=C(C)C(=O)OCCOC.C=C(C)C(=O)OCC[N+](C)(C)C.COCCOC(=O)C(C)CCC(C)(C)C(=O)OCC[N+](C)(C)C.[Cl-]. The molecule has 0 rings (SSSR count). The first-order chi connectivity index (χ1) is 20.5. The Morgan fingerprint density at radius 1 is 0.660 bits per heavy atom. The van der Waals surface area contributed by atoms with Gasteiger partial charge in [0.15, 0.2) is 0 Å². The quantitative estimate of drug-likeness (QED) is 0.0636. The molecule has 47 heavy (non-hydrogen) atoms. The van der Waals surface area contributed by atoms with E-state index in [-0.39, 0.29) is 56.2 Å². The molecule has 0 aromatic carbocycles. The maximum atomic E-state index is 12.2. The van der Waals surface area contributed by atoms with Crippen LogP contribution in [0, 0.1) is 11.3 Å². The molecule has 0 saturated carbocycles. The van der Waals surface area contributed by atoms with Crippen LogP contribution in [-0.2, 0) is 47.6 Å². The maximum absolute atomic E-state index is 12.2. The van der Waals surface area contributed by atoms with Crippen LogP contribution in [0.5, 0.6) is 0 Å². The summed E-state index contributed by atoms with van der Waals surface area (Å²) in [4.78, 5) is 45.5. The summed E-state index contributed by atoms with van der Waals surface area (Å²) in [5.74, 6) is -1.38. The van der Waals surface area contributed by atoms with Gasteiger partial charge in [0.25, 0.3) is 0 Å². The van der Waals surface area contributed by atoms with Crippen molar-refractivity contribution in [3.63, 3.8) is 0 Å². The van der Waals surface area contributed by atoms with Gasteiger partial charge >= 0.3 is 23.9 Å². The van der Waals surface area contributed by atoms with Crippen LogP contribution in [0.2, 0.25) is 0 Å². The van der Waals surface area contributed by atoms with E-state index in [2.05, 4.69) is 64.9 Å². The largest absolute Gasteiger partial charge is 1.00 e. The lowest BCUT2D eigenvalue weighted by molar-refractivity contribution is -0.870. The highest BCUT2D eigenvalue weighted by atomic mass is 35.5. The maximum Gasteiger partial charge on any atom is 0.333 e. The van der Waals surface area contributed by atoms with Crippen molar-refractivity contribution in [3.05, 3.63) is 24.3 Å². The Balaban J connectivity index is -0.000000206. The van der Waals surface area contributed by atoms with E-state index in [1.807, 2.05) is 20.8 Å². The zero-order valence-corrected chi connectivity index (χ0v) is 31.7. The highest BCUT2D eigenvalue weighted by Gasteiger charge is 2.31. The van der Waals surface area contributed by atoms with Crippen LogP contribution in [0.15, 0.2) is 24.3 Å². The van der Waals surface area contributed by atoms with Gasteiger partial charge in [0, 0.05) is 25.4 Å². The third-order valence-electron chi connectivity index (χ3n) is 5.90. The summed E-state index contributed by atoms with van der Waals surface area (Å²) in [6.45, 7) is 19.5. The normalized spacial score (nSPS) is 11.3. The summed E-state index contributed by atoms with van der Waals surface area (Å²) < 4.78 is 31.1. The summed E-state index contributed by atoms with van der Waals surface area (Å²) in [5, 5.41) is 0. The number of rotatable bonds is 19. The molecule has 0 aliphatic carbocycles. The average molecular weight is 700 g/mol. The first kappa shape index (κ1) is 54.0. The number of ether oxygens (including phenoxy) is 6. The van der Waals surface area contributed by atoms with Crippen molar-refractivity contribution >= 4 is 23.9 Å². The second kappa shape index (κ2) is 28.5. The van der Waals surface area contributed by atoms with Gasteiger partial charge in [-0.2, -0.15) is 0 Å². The lowest BCUT2D eigenvalue weighted by Crippen LogP contribution is -3.00. The van der Waals surface area contributed by atoms with Crippen molar-refractivity contribution in [1.82, 2.24) is 0 Å². The number of hydrogen-bond acceptors (Lipinski definition) is 10. The van der Waals surface area contributed by atoms with E-state index in [1.165, 1.54) is 0 Å². The van der Waals surface area contributed by atoms with Crippen LogP contribution >= 0.6 is 0 Å². The van der Waals surface area contributed by atoms with Crippen LogP contribution in [0.1, 0.15) is 54.9 Å². The zero-order chi connectivity index (χ0) is 35.9. The number of methoxy groups -OCH3 is 2. The van der Waals surface area contributed by atoms with Crippen LogP contribution in [0.4, 0.5) is 0 Å². The van der Waals surface area contributed by atoms with Crippen molar-refractivity contribution in [3.8, 4) is 0 Å². The average Bonchev–Trinajstić information content (AvgIpc) is 2.91. The molecule has 1 unspecified atom stereocenters. The van der Waals surface area contributed by atoms with Gasteiger partial charge in [-0.05, 0) is 40.5 Å². The Morgan fingerprint density at radius 3 is 1.38 bits per heavy atom. The number of likely N-dealkylation sites (N-methyl/N-ethyl adjacent to an activating group) is 2. The second-order valence-corrected chi connectivity index (χ2v) is 13.5. The van der Waals surface area contributed by atoms with Gasteiger partial charge in [-0.3, -0.25) is 9.59 Å². The minimum Gasteiger partial charge on any atom is -1.00 e. The topological polar surface area (TPSA) is 124 Å². The second-order valence-electron chi connectivity index (χ2n) is 13.5. The lowest BCUT2D eigenvalue weighted by atomic mass is 9.85. The van der Waals surface area contributed by atoms with E-state index >= 15 is 0 Å². The molecule has 0 aliphatic heterocycles. The lowest BCUT2D eigenvalue weighted by Gasteiger charge is -2.26. The van der Waals surface area contributed by atoms with E-state index in [0.717, 1.165) is 22.1 Å². The van der Waals surface area contributed by atoms with E-state index < -0.39 is 5.41 Å². The van der Waals surface area contributed by atoms with E-state index in [1.54, 1.807) is 28.1 Å². The number of esters is 4. The molecule has 0 aliphatic rings. The molecular formula is C34H68ClN2O10+. The van der Waals surface area contributed by atoms with Gasteiger partial charge in [-0.25, -0.2) is 9.59 Å². The molecule has 1 atom stereocenters. The summed E-state index contributed by atoms with van der Waals surface area (Å²) in [6, 6.07) is 0. The first-order valence-corrected chi connectivity index (χ1v) is 15.1. The van der Waals surface area contributed by atoms with Gasteiger partial charge in [-0.15, -0.1) is 0 Å². The van der Waals surface area contributed by atoms with Gasteiger partial charge in [0.2, 0.25) is 0 Å². The molecule has 0 radical (unpaired) electrons. The fourth-order valence-corrected chi connectivity index (χ4v) is 2.65. The molecule has 13 heteroatoms. The minimum absolute atomic E-state index is 0. The minimum atomic E-state index is -0.605. The molecule has 0 fully saturated rings. The third-order valence-corrected chi connectivity index (χ3v) is 5.90. The number of nitrogens with zero attached hydrogens (tertiary/aromatic N) is 2. The number of quaternary nitrogens is 2. The highest BCUT2D eigenvalue weighted by molar-refractivity contribution is 5.87. The third kappa shape index (κ3) is 36.2. The molecule has 0 aromatic rings. The Hall–Kier alpha value is -2.51. The van der Waals surface area contributed by atoms with E-state index in [0.29, 0.717) is 57.0 Å². The molecular weight excluding hydrogens is 632 g/mol. The first-order valence-electron chi connectivity index (χ1n) is 15.1. The molecule has 0 heterocycles. The molecule has 0 spiro atoms. The number of hydrogen-bond donors (Lipinski definition) is 0. The fourth-order valence-electron chi connectivity index (χ4n) is 2.65. The predicted octanol–water partition coefficient (Wildman–Crippen LogP) is 1.07. The molecule has 0 bridgehead atoms. The molecule has 0 N–H and O–H groups in total. The number of carbonyl (C=O) groups is 4. The van der Waals surface area contributed by atoms with E-state index in [4.69, 9.17) is 18.9 Å². The fraction of sp³-hybridized carbons (Fsp3) is 0.765. The standard InChI is InChI=1S/C17H34NO5.C9H18NO2.C7H12O3.CH4.ClH/c1-14(15(19)22-13-12-21-7)8-9-17(2,3)16(20)23-11-10-18(4,5)6;1-8(2)9(11)12-7-6-10(3,4)5;1-6(2)7(8)10-5-4-9-3;;/h14H,8-13H2,1-7H3;1,6-7H2,2-5H3;1,4-5H2,2-3H3;1H4;1H/q2*+1;;;/p-1. The van der Waals surface area contributed by atoms with Gasteiger partial charge in [-0.1, -0.05) is 27.5 Å². The predicted molar refractivity (Wildman–Crippen MR) is 182 cm³/mol. The van der Waals surface area contributed by atoms with Crippen LogP contribution in [0.25, 0.3) is 0 Å². The molecule has 0 saturated heterocycles. The Morgan fingerprint density at radius 2 is 1.02 bits per heavy atom. The van der Waals surface area contributed by atoms with Crippen molar-refractivity contribution in [1.29, 1.82) is 0 Å². The molecule has 280 valence electrons. The highest BCUT2D eigenvalue weighted by Crippen LogP contribution is 2.27. The van der Waals surface area contributed by atoms with Gasteiger partial charge < -0.3 is 49.8 Å². The van der Waals surface area contributed by atoms with Crippen LogP contribution in [-0.4, -0.2) is 142 Å². The van der Waals surface area contributed by atoms with E-state index in [9.17, 15) is 19.2 Å². The molecule has 12 nitrogen and oxygen atoms in total. The molecule has 0 amide bonds. The van der Waals surface area contributed by atoms with Crippen molar-refractivity contribution in [2.45, 2.75) is 54.9 Å². The molecule has 0 aromatic heterocycles. The van der Waals surface area contributed by atoms with Gasteiger partial charge in [0.1, 0.15) is 39.5 Å².